The number of hydrogen-bond donors (Lipinski definition) is 2. The van der Waals surface area contributed by atoms with E-state index in [4.69, 9.17) is 10.5 Å². The topological polar surface area (TPSA) is 88.4 Å². The normalized spacial score (nSPS) is 13.5. The molecule has 0 unspecified atom stereocenters. The van der Waals surface area contributed by atoms with Gasteiger partial charge in [0.2, 0.25) is 0 Å². The molecule has 1 amide bonds. The third kappa shape index (κ3) is 2.48. The van der Waals surface area contributed by atoms with Crippen LogP contribution >= 0.6 is 0 Å². The van der Waals surface area contributed by atoms with Gasteiger partial charge < -0.3 is 20.4 Å². The van der Waals surface area contributed by atoms with Gasteiger partial charge in [0.1, 0.15) is 12.4 Å². The van der Waals surface area contributed by atoms with Gasteiger partial charge in [-0.05, 0) is 30.7 Å². The summed E-state index contributed by atoms with van der Waals surface area (Å²) < 4.78 is 5.59. The summed E-state index contributed by atoms with van der Waals surface area (Å²) in [6.45, 7) is 2.96. The average molecular weight is 299 g/mol. The van der Waals surface area contributed by atoms with E-state index in [1.807, 2.05) is 18.2 Å². The molecule has 3 N–H and O–H groups in total. The molecule has 3 rings (SSSR count). The minimum atomic E-state index is -0.190. The Morgan fingerprint density at radius 1 is 1.41 bits per heavy atom. The summed E-state index contributed by atoms with van der Waals surface area (Å²) >= 11 is 0. The number of nitrogens with zero attached hydrogens (tertiary/aromatic N) is 1. The van der Waals surface area contributed by atoms with E-state index in [2.05, 4.69) is 4.98 Å². The van der Waals surface area contributed by atoms with E-state index in [0.717, 1.165) is 5.56 Å². The molecule has 1 aromatic carbocycles. The van der Waals surface area contributed by atoms with Crippen LogP contribution in [0.4, 0.5) is 5.69 Å². The molecule has 1 aliphatic rings. The Morgan fingerprint density at radius 2 is 2.23 bits per heavy atom. The minimum Gasteiger partial charge on any atom is -0.490 e. The molecule has 0 radical (unpaired) electrons. The minimum absolute atomic E-state index is 0.168. The second-order valence-electron chi connectivity index (χ2n) is 5.21. The summed E-state index contributed by atoms with van der Waals surface area (Å²) in [5, 5.41) is 0. The van der Waals surface area contributed by atoms with Gasteiger partial charge in [-0.25, -0.2) is 0 Å². The summed E-state index contributed by atoms with van der Waals surface area (Å²) in [7, 11) is 0. The highest BCUT2D eigenvalue weighted by Crippen LogP contribution is 2.33. The van der Waals surface area contributed by atoms with Crippen molar-refractivity contribution in [2.75, 3.05) is 18.1 Å². The van der Waals surface area contributed by atoms with Crippen molar-refractivity contribution in [1.82, 2.24) is 4.98 Å². The Kier molecular flexibility index (Phi) is 3.68. The van der Waals surface area contributed by atoms with Crippen molar-refractivity contribution < 1.29 is 9.53 Å². The smallest absolute Gasteiger partial charge is 0.259 e. The van der Waals surface area contributed by atoms with Gasteiger partial charge in [-0.2, -0.15) is 0 Å². The molecule has 0 bridgehead atoms. The molecule has 6 heteroatoms. The summed E-state index contributed by atoms with van der Waals surface area (Å²) in [6.07, 6.45) is 1.44. The van der Waals surface area contributed by atoms with Gasteiger partial charge >= 0.3 is 0 Å². The van der Waals surface area contributed by atoms with E-state index in [9.17, 15) is 9.59 Å². The summed E-state index contributed by atoms with van der Waals surface area (Å²) in [4.78, 5) is 28.4. The molecule has 0 aliphatic carbocycles. The molecule has 0 fully saturated rings. The van der Waals surface area contributed by atoms with Crippen LogP contribution in [0.5, 0.6) is 5.75 Å². The lowest BCUT2D eigenvalue weighted by molar-refractivity contribution is 0.0976. The predicted molar refractivity (Wildman–Crippen MR) is 83.3 cm³/mol. The molecule has 0 spiro atoms. The Bertz CT molecular complexity index is 782. The molecule has 6 nitrogen and oxygen atoms in total. The van der Waals surface area contributed by atoms with Crippen LogP contribution in [0.1, 0.15) is 21.5 Å². The third-order valence-corrected chi connectivity index (χ3v) is 3.70. The van der Waals surface area contributed by atoms with Gasteiger partial charge in [0.05, 0.1) is 17.8 Å². The van der Waals surface area contributed by atoms with E-state index < -0.39 is 0 Å². The van der Waals surface area contributed by atoms with Crippen LogP contribution in [0, 0.1) is 6.92 Å². The van der Waals surface area contributed by atoms with Crippen LogP contribution in [-0.2, 0) is 6.54 Å². The number of fused-ring (bicyclic) bond motifs is 1. The monoisotopic (exact) mass is 299 g/mol. The Hall–Kier alpha value is -2.60. The van der Waals surface area contributed by atoms with Crippen molar-refractivity contribution in [3.63, 3.8) is 0 Å². The lowest BCUT2D eigenvalue weighted by atomic mass is 10.1. The standard InChI is InChI=1S/C16H17N3O3/c1-10-6-12(9-18-15(10)20)16(21)19-4-5-22-14-3-2-11(8-17)7-13(14)19/h2-3,6-7,9H,4-5,8,17H2,1H3,(H,18,20). The van der Waals surface area contributed by atoms with E-state index >= 15 is 0 Å². The lowest BCUT2D eigenvalue weighted by Gasteiger charge is -2.30. The first kappa shape index (κ1) is 14.3. The number of H-pyrrole nitrogens is 1. The number of rotatable bonds is 2. The number of hydrogen-bond acceptors (Lipinski definition) is 4. The van der Waals surface area contributed by atoms with E-state index in [-0.39, 0.29) is 11.5 Å². The highest BCUT2D eigenvalue weighted by molar-refractivity contribution is 6.07. The number of carbonyl (C=O) groups excluding carboxylic acids is 1. The van der Waals surface area contributed by atoms with Crippen molar-refractivity contribution in [3.05, 3.63) is 57.5 Å². The van der Waals surface area contributed by atoms with E-state index in [0.29, 0.717) is 42.3 Å². The number of benzene rings is 1. The van der Waals surface area contributed by atoms with Crippen molar-refractivity contribution in [1.29, 1.82) is 0 Å². The van der Waals surface area contributed by atoms with Crippen LogP contribution in [-0.4, -0.2) is 24.0 Å². The molecular formula is C16H17N3O3. The number of anilines is 1. The zero-order chi connectivity index (χ0) is 15.7. The quantitative estimate of drug-likeness (QED) is 0.871. The maximum atomic E-state index is 12.7. The van der Waals surface area contributed by atoms with Gasteiger partial charge in [0.25, 0.3) is 11.5 Å². The van der Waals surface area contributed by atoms with E-state index in [1.54, 1.807) is 17.9 Å². The number of aromatic nitrogens is 1. The number of nitrogens with two attached hydrogens (primary N) is 1. The Morgan fingerprint density at radius 3 is 2.95 bits per heavy atom. The van der Waals surface area contributed by atoms with Gasteiger partial charge in [-0.3, -0.25) is 9.59 Å². The highest BCUT2D eigenvalue weighted by atomic mass is 16.5. The number of aromatic amines is 1. The van der Waals surface area contributed by atoms with E-state index in [1.165, 1.54) is 6.20 Å². The summed E-state index contributed by atoms with van der Waals surface area (Å²) in [6, 6.07) is 7.18. The Labute approximate surface area is 127 Å². The molecule has 1 aromatic heterocycles. The lowest BCUT2D eigenvalue weighted by Crippen LogP contribution is -2.38. The molecule has 22 heavy (non-hydrogen) atoms. The number of aryl methyl sites for hydroxylation is 1. The average Bonchev–Trinajstić information content (AvgIpc) is 2.55. The largest absolute Gasteiger partial charge is 0.490 e. The van der Waals surface area contributed by atoms with Crippen molar-refractivity contribution in [2.45, 2.75) is 13.5 Å². The number of amides is 1. The fourth-order valence-electron chi connectivity index (χ4n) is 2.48. The van der Waals surface area contributed by atoms with Crippen molar-refractivity contribution in [3.8, 4) is 5.75 Å². The number of ether oxygens (including phenoxy) is 1. The number of nitrogens with one attached hydrogen (secondary N) is 1. The van der Waals surface area contributed by atoms with Gasteiger partial charge in [0.15, 0.2) is 0 Å². The second-order valence-corrected chi connectivity index (χ2v) is 5.21. The molecule has 0 saturated carbocycles. The van der Waals surface area contributed by atoms with Crippen LogP contribution in [0.2, 0.25) is 0 Å². The maximum Gasteiger partial charge on any atom is 0.259 e. The van der Waals surface area contributed by atoms with Crippen molar-refractivity contribution >= 4 is 11.6 Å². The SMILES string of the molecule is Cc1cc(C(=O)N2CCOc3ccc(CN)cc32)c[nH]c1=O. The van der Waals surface area contributed by atoms with Gasteiger partial charge in [0, 0.05) is 18.3 Å². The fraction of sp³-hybridized carbons (Fsp3) is 0.250. The Balaban J connectivity index is 2.00. The van der Waals surface area contributed by atoms with Crippen LogP contribution in [0.3, 0.4) is 0 Å². The van der Waals surface area contributed by atoms with Gasteiger partial charge in [-0.1, -0.05) is 6.07 Å². The van der Waals surface area contributed by atoms with Gasteiger partial charge in [-0.15, -0.1) is 0 Å². The van der Waals surface area contributed by atoms with Crippen LogP contribution in [0.15, 0.2) is 35.3 Å². The molecule has 0 saturated heterocycles. The first-order chi connectivity index (χ1) is 10.6. The zero-order valence-corrected chi connectivity index (χ0v) is 12.3. The first-order valence-electron chi connectivity index (χ1n) is 7.07. The van der Waals surface area contributed by atoms with Crippen molar-refractivity contribution in [2.24, 2.45) is 5.73 Å². The molecule has 1 aliphatic heterocycles. The zero-order valence-electron chi connectivity index (χ0n) is 12.3. The predicted octanol–water partition coefficient (Wildman–Crippen LogP) is 1.18. The number of pyridine rings is 1. The fourth-order valence-corrected chi connectivity index (χ4v) is 2.48. The highest BCUT2D eigenvalue weighted by Gasteiger charge is 2.25. The maximum absolute atomic E-state index is 12.7. The molecular weight excluding hydrogens is 282 g/mol. The number of carbonyl (C=O) groups is 1. The molecule has 0 atom stereocenters. The molecule has 2 aromatic rings. The summed E-state index contributed by atoms with van der Waals surface area (Å²) in [5.74, 6) is 0.496. The summed E-state index contributed by atoms with van der Waals surface area (Å²) in [5.41, 5.74) is 8.08. The van der Waals surface area contributed by atoms with Crippen LogP contribution < -0.4 is 20.9 Å². The molecule has 2 heterocycles. The van der Waals surface area contributed by atoms with Crippen LogP contribution in [0.25, 0.3) is 0 Å². The first-order valence-corrected chi connectivity index (χ1v) is 7.07. The third-order valence-electron chi connectivity index (χ3n) is 3.70. The molecule has 114 valence electrons. The second kappa shape index (κ2) is 5.65.